The van der Waals surface area contributed by atoms with Gasteiger partial charge in [-0.2, -0.15) is 0 Å². The van der Waals surface area contributed by atoms with Gasteiger partial charge in [0.25, 0.3) is 0 Å². The summed E-state index contributed by atoms with van der Waals surface area (Å²) in [4.78, 5) is 0. The Balaban J connectivity index is 2.41. The zero-order valence-electron chi connectivity index (χ0n) is 11.2. The van der Waals surface area contributed by atoms with E-state index in [1.54, 1.807) is 0 Å². The van der Waals surface area contributed by atoms with E-state index in [2.05, 4.69) is 65.0 Å². The van der Waals surface area contributed by atoms with Crippen LogP contribution in [0.15, 0.2) is 30.3 Å². The maximum Gasteiger partial charge on any atom is -0.00418 e. The van der Waals surface area contributed by atoms with Crippen molar-refractivity contribution in [3.8, 4) is 0 Å². The first-order valence-electron chi connectivity index (χ1n) is 6.43. The lowest BCUT2D eigenvalue weighted by molar-refractivity contribution is 0.245. The van der Waals surface area contributed by atoms with E-state index in [1.807, 2.05) is 0 Å². The molecule has 0 radical (unpaired) electrons. The summed E-state index contributed by atoms with van der Waals surface area (Å²) >= 11 is 0. The molecule has 0 heteroatoms. The van der Waals surface area contributed by atoms with Gasteiger partial charge in [0.2, 0.25) is 0 Å². The van der Waals surface area contributed by atoms with Crippen LogP contribution in [0.25, 0.3) is 0 Å². The molecule has 0 bridgehead atoms. The number of benzene rings is 1. The van der Waals surface area contributed by atoms with Crippen LogP contribution in [0, 0.1) is 17.3 Å². The molecule has 0 saturated heterocycles. The molecule has 1 aliphatic rings. The Bertz CT molecular complexity index is 363. The van der Waals surface area contributed by atoms with Crippen molar-refractivity contribution in [2.75, 3.05) is 0 Å². The minimum atomic E-state index is 0.351. The summed E-state index contributed by atoms with van der Waals surface area (Å²) in [5.74, 6) is 1.54. The van der Waals surface area contributed by atoms with E-state index < -0.39 is 0 Å². The van der Waals surface area contributed by atoms with E-state index in [9.17, 15) is 0 Å². The first kappa shape index (κ1) is 11.7. The van der Waals surface area contributed by atoms with Crippen LogP contribution in [0.2, 0.25) is 0 Å². The Labute approximate surface area is 100 Å². The Morgan fingerprint density at radius 2 is 1.50 bits per heavy atom. The van der Waals surface area contributed by atoms with Crippen molar-refractivity contribution in [2.24, 2.45) is 17.3 Å². The van der Waals surface area contributed by atoms with Gasteiger partial charge in [0.15, 0.2) is 0 Å². The smallest absolute Gasteiger partial charge is 0.00418 e. The molecule has 88 valence electrons. The molecule has 1 fully saturated rings. The highest BCUT2D eigenvalue weighted by atomic mass is 14.5. The quantitative estimate of drug-likeness (QED) is 0.641. The summed E-state index contributed by atoms with van der Waals surface area (Å²) in [6.07, 6.45) is 1.30. The highest BCUT2D eigenvalue weighted by molar-refractivity contribution is 5.28. The molecule has 3 unspecified atom stereocenters. The molecule has 0 amide bonds. The highest BCUT2D eigenvalue weighted by Gasteiger charge is 2.50. The van der Waals surface area contributed by atoms with Crippen molar-refractivity contribution in [2.45, 2.75) is 46.5 Å². The van der Waals surface area contributed by atoms with Crippen molar-refractivity contribution in [3.63, 3.8) is 0 Å². The maximum atomic E-state index is 2.44. The molecule has 0 aromatic heterocycles. The molecular weight excluding hydrogens is 192 g/mol. The van der Waals surface area contributed by atoms with Gasteiger partial charge in [-0.1, -0.05) is 65.0 Å². The first-order valence-corrected chi connectivity index (χ1v) is 6.43. The third-order valence-electron chi connectivity index (χ3n) is 5.24. The molecule has 0 heterocycles. The Hall–Kier alpha value is -0.780. The number of rotatable bonds is 1. The van der Waals surface area contributed by atoms with Gasteiger partial charge in [0.05, 0.1) is 0 Å². The summed E-state index contributed by atoms with van der Waals surface area (Å²) in [6, 6.07) is 11.0. The van der Waals surface area contributed by atoms with Crippen molar-refractivity contribution in [1.82, 2.24) is 0 Å². The predicted octanol–water partition coefficient (Wildman–Crippen LogP) is 4.65. The molecule has 3 atom stereocenters. The molecule has 2 rings (SSSR count). The van der Waals surface area contributed by atoms with Crippen molar-refractivity contribution < 1.29 is 0 Å². The van der Waals surface area contributed by atoms with E-state index >= 15 is 0 Å². The third-order valence-corrected chi connectivity index (χ3v) is 5.24. The minimum Gasteiger partial charge on any atom is -0.0622 e. The zero-order valence-corrected chi connectivity index (χ0v) is 11.2. The molecule has 0 N–H and O–H groups in total. The van der Waals surface area contributed by atoms with Crippen LogP contribution < -0.4 is 0 Å². The van der Waals surface area contributed by atoms with Gasteiger partial charge in [0, 0.05) is 0 Å². The normalized spacial score (nSPS) is 37.6. The topological polar surface area (TPSA) is 0 Å². The lowest BCUT2D eigenvalue weighted by Crippen LogP contribution is -2.26. The van der Waals surface area contributed by atoms with Crippen LogP contribution in [-0.4, -0.2) is 0 Å². The zero-order chi connectivity index (χ0) is 12.0. The van der Waals surface area contributed by atoms with Gasteiger partial charge in [-0.25, -0.2) is 0 Å². The van der Waals surface area contributed by atoms with Crippen molar-refractivity contribution in [3.05, 3.63) is 35.9 Å². The van der Waals surface area contributed by atoms with Crippen LogP contribution in [0.1, 0.15) is 46.6 Å². The van der Waals surface area contributed by atoms with Crippen LogP contribution in [0.3, 0.4) is 0 Å². The highest BCUT2D eigenvalue weighted by Crippen LogP contribution is 2.57. The molecule has 0 aliphatic heterocycles. The second-order valence-electron chi connectivity index (χ2n) is 6.53. The molecule has 1 aliphatic carbocycles. The maximum absolute atomic E-state index is 2.44. The third kappa shape index (κ3) is 1.59. The Kier molecular flexibility index (Phi) is 2.64. The van der Waals surface area contributed by atoms with Crippen LogP contribution in [0.4, 0.5) is 0 Å². The standard InChI is InChI=1S/C16H24/c1-12-13(2)16(5,11-15(12,3)4)14-9-7-6-8-10-14/h6-10,12-13H,11H2,1-5H3. The summed E-state index contributed by atoms with van der Waals surface area (Å²) in [6.45, 7) is 12.1. The molecule has 1 aromatic rings. The number of hydrogen-bond donors (Lipinski definition) is 0. The van der Waals surface area contributed by atoms with Gasteiger partial charge in [0.1, 0.15) is 0 Å². The molecular formula is C16H24. The molecule has 1 aromatic carbocycles. The van der Waals surface area contributed by atoms with E-state index in [0.717, 1.165) is 11.8 Å². The van der Waals surface area contributed by atoms with E-state index in [1.165, 1.54) is 12.0 Å². The van der Waals surface area contributed by atoms with Crippen LogP contribution in [-0.2, 0) is 5.41 Å². The second-order valence-corrected chi connectivity index (χ2v) is 6.53. The fourth-order valence-corrected chi connectivity index (χ4v) is 3.68. The van der Waals surface area contributed by atoms with Crippen LogP contribution in [0.5, 0.6) is 0 Å². The average molecular weight is 216 g/mol. The van der Waals surface area contributed by atoms with Gasteiger partial charge >= 0.3 is 0 Å². The summed E-state index contributed by atoms with van der Waals surface area (Å²) in [7, 11) is 0. The fourth-order valence-electron chi connectivity index (χ4n) is 3.68. The molecule has 1 saturated carbocycles. The first-order chi connectivity index (χ1) is 7.38. The Morgan fingerprint density at radius 1 is 0.938 bits per heavy atom. The van der Waals surface area contributed by atoms with Gasteiger partial charge in [-0.15, -0.1) is 0 Å². The fraction of sp³-hybridized carbons (Fsp3) is 0.625. The number of hydrogen-bond acceptors (Lipinski definition) is 0. The van der Waals surface area contributed by atoms with E-state index in [4.69, 9.17) is 0 Å². The molecule has 0 nitrogen and oxygen atoms in total. The van der Waals surface area contributed by atoms with Gasteiger partial charge in [-0.3, -0.25) is 0 Å². The predicted molar refractivity (Wildman–Crippen MR) is 70.5 cm³/mol. The van der Waals surface area contributed by atoms with E-state index in [-0.39, 0.29) is 0 Å². The van der Waals surface area contributed by atoms with Crippen LogP contribution >= 0.6 is 0 Å². The Morgan fingerprint density at radius 3 is 1.94 bits per heavy atom. The van der Waals surface area contributed by atoms with Gasteiger partial charge < -0.3 is 0 Å². The summed E-state index contributed by atoms with van der Waals surface area (Å²) in [5.41, 5.74) is 2.33. The molecule has 16 heavy (non-hydrogen) atoms. The monoisotopic (exact) mass is 216 g/mol. The lowest BCUT2D eigenvalue weighted by atomic mass is 9.73. The largest absolute Gasteiger partial charge is 0.0622 e. The molecule has 0 spiro atoms. The minimum absolute atomic E-state index is 0.351. The summed E-state index contributed by atoms with van der Waals surface area (Å²) in [5, 5.41) is 0. The van der Waals surface area contributed by atoms with Crippen molar-refractivity contribution >= 4 is 0 Å². The summed E-state index contributed by atoms with van der Waals surface area (Å²) < 4.78 is 0. The van der Waals surface area contributed by atoms with E-state index in [0.29, 0.717) is 10.8 Å². The average Bonchev–Trinajstić information content (AvgIpc) is 2.42. The van der Waals surface area contributed by atoms with Crippen molar-refractivity contribution in [1.29, 1.82) is 0 Å². The second kappa shape index (κ2) is 3.61. The SMILES string of the molecule is CC1C(C)C(C)(c2ccccc2)CC1(C)C. The van der Waals surface area contributed by atoms with Gasteiger partial charge in [-0.05, 0) is 34.7 Å². The lowest BCUT2D eigenvalue weighted by Gasteiger charge is -2.31.